The van der Waals surface area contributed by atoms with Crippen molar-refractivity contribution in [2.24, 2.45) is 11.8 Å². The lowest BCUT2D eigenvalue weighted by Gasteiger charge is -2.18. The SMILES string of the molecule is CCCCc1nc(Cl)c(CNC(=O)[C@@H](CS)CC(C)C)n1Cc1ccc(-c2ccccc2C(=O)O)cc1F. The van der Waals surface area contributed by atoms with Gasteiger partial charge in [-0.1, -0.05) is 69.1 Å². The highest BCUT2D eigenvalue weighted by molar-refractivity contribution is 7.80. The second-order valence-electron chi connectivity index (χ2n) is 9.84. The number of benzene rings is 2. The summed E-state index contributed by atoms with van der Waals surface area (Å²) in [7, 11) is 0. The first-order valence-corrected chi connectivity index (χ1v) is 13.9. The Morgan fingerprint density at radius 3 is 2.58 bits per heavy atom. The number of aromatic nitrogens is 2. The van der Waals surface area contributed by atoms with Crippen LogP contribution in [0, 0.1) is 17.7 Å². The van der Waals surface area contributed by atoms with Crippen molar-refractivity contribution in [1.29, 1.82) is 0 Å². The summed E-state index contributed by atoms with van der Waals surface area (Å²) in [6.07, 6.45) is 3.25. The molecule has 1 atom stereocenters. The van der Waals surface area contributed by atoms with Crippen molar-refractivity contribution in [2.75, 3.05) is 5.75 Å². The summed E-state index contributed by atoms with van der Waals surface area (Å²) in [5.41, 5.74) is 2.07. The van der Waals surface area contributed by atoms with E-state index in [9.17, 15) is 14.7 Å². The highest BCUT2D eigenvalue weighted by Crippen LogP contribution is 2.27. The van der Waals surface area contributed by atoms with E-state index in [0.29, 0.717) is 40.5 Å². The number of aryl methyl sites for hydroxylation is 1. The number of rotatable bonds is 13. The van der Waals surface area contributed by atoms with Crippen LogP contribution < -0.4 is 5.32 Å². The van der Waals surface area contributed by atoms with Crippen molar-refractivity contribution in [3.63, 3.8) is 0 Å². The molecule has 0 radical (unpaired) electrons. The first-order chi connectivity index (χ1) is 18.2. The third kappa shape index (κ3) is 7.38. The molecule has 6 nitrogen and oxygen atoms in total. The number of nitrogens with one attached hydrogen (secondary N) is 1. The van der Waals surface area contributed by atoms with Crippen molar-refractivity contribution >= 4 is 36.1 Å². The third-order valence-electron chi connectivity index (χ3n) is 6.48. The Bertz CT molecular complexity index is 1280. The van der Waals surface area contributed by atoms with Crippen LogP contribution in [0.3, 0.4) is 0 Å². The number of unbranched alkanes of at least 4 members (excludes halogenated alkanes) is 1. The van der Waals surface area contributed by atoms with Crippen LogP contribution in [0.2, 0.25) is 5.15 Å². The lowest BCUT2D eigenvalue weighted by molar-refractivity contribution is -0.124. The predicted octanol–water partition coefficient (Wildman–Crippen LogP) is 6.64. The molecule has 3 aromatic rings. The van der Waals surface area contributed by atoms with Crippen LogP contribution in [0.15, 0.2) is 42.5 Å². The van der Waals surface area contributed by atoms with Gasteiger partial charge in [0.2, 0.25) is 5.91 Å². The van der Waals surface area contributed by atoms with Gasteiger partial charge >= 0.3 is 5.97 Å². The van der Waals surface area contributed by atoms with Gasteiger partial charge in [-0.15, -0.1) is 0 Å². The van der Waals surface area contributed by atoms with Gasteiger partial charge in [0.25, 0.3) is 0 Å². The van der Waals surface area contributed by atoms with E-state index in [0.717, 1.165) is 25.1 Å². The van der Waals surface area contributed by atoms with Crippen LogP contribution in [-0.4, -0.2) is 32.3 Å². The number of imidazole rings is 1. The minimum Gasteiger partial charge on any atom is -0.478 e. The van der Waals surface area contributed by atoms with Crippen molar-refractivity contribution in [1.82, 2.24) is 14.9 Å². The van der Waals surface area contributed by atoms with Crippen molar-refractivity contribution in [3.05, 3.63) is 76.1 Å². The molecule has 0 saturated heterocycles. The normalized spacial score (nSPS) is 12.1. The van der Waals surface area contributed by atoms with Crippen LogP contribution in [0.5, 0.6) is 0 Å². The van der Waals surface area contributed by atoms with Crippen molar-refractivity contribution < 1.29 is 19.1 Å². The minimum absolute atomic E-state index is 0.0970. The number of aromatic carboxylic acids is 1. The molecule has 1 amide bonds. The number of carbonyl (C=O) groups is 2. The molecule has 1 heterocycles. The number of nitrogens with zero attached hydrogens (tertiary/aromatic N) is 2. The van der Waals surface area contributed by atoms with E-state index < -0.39 is 11.8 Å². The molecular weight excluding hydrogens is 525 g/mol. The van der Waals surface area contributed by atoms with E-state index in [4.69, 9.17) is 11.6 Å². The minimum atomic E-state index is -1.07. The third-order valence-corrected chi connectivity index (χ3v) is 7.23. The van der Waals surface area contributed by atoms with Gasteiger partial charge in [-0.05, 0) is 42.0 Å². The molecule has 38 heavy (non-hydrogen) atoms. The van der Waals surface area contributed by atoms with Crippen LogP contribution in [0.4, 0.5) is 4.39 Å². The van der Waals surface area contributed by atoms with Gasteiger partial charge in [0, 0.05) is 23.7 Å². The maximum atomic E-state index is 15.4. The monoisotopic (exact) mass is 559 g/mol. The van der Waals surface area contributed by atoms with Crippen molar-refractivity contribution in [3.8, 4) is 11.1 Å². The van der Waals surface area contributed by atoms with Gasteiger partial charge in [0.05, 0.1) is 24.3 Å². The predicted molar refractivity (Wildman–Crippen MR) is 152 cm³/mol. The zero-order chi connectivity index (χ0) is 27.8. The fraction of sp³-hybridized carbons (Fsp3) is 0.414. The van der Waals surface area contributed by atoms with E-state index in [1.54, 1.807) is 30.3 Å². The lowest BCUT2D eigenvalue weighted by Crippen LogP contribution is -2.33. The quantitative estimate of drug-likeness (QED) is 0.205. The summed E-state index contributed by atoms with van der Waals surface area (Å²) < 4.78 is 17.2. The molecule has 0 bridgehead atoms. The van der Waals surface area contributed by atoms with Gasteiger partial charge in [-0.25, -0.2) is 14.2 Å². The van der Waals surface area contributed by atoms with Gasteiger partial charge in [-0.2, -0.15) is 12.6 Å². The molecule has 0 aliphatic heterocycles. The number of carbonyl (C=O) groups excluding carboxylic acids is 1. The Balaban J connectivity index is 1.90. The Labute approximate surface area is 234 Å². The molecule has 0 fully saturated rings. The highest BCUT2D eigenvalue weighted by atomic mass is 35.5. The van der Waals surface area contributed by atoms with E-state index in [-0.39, 0.29) is 35.6 Å². The first kappa shape index (κ1) is 29.7. The van der Waals surface area contributed by atoms with Crippen LogP contribution in [-0.2, 0) is 24.3 Å². The molecule has 2 N–H and O–H groups in total. The number of amides is 1. The Kier molecular flexibility index (Phi) is 10.8. The topological polar surface area (TPSA) is 84.2 Å². The van der Waals surface area contributed by atoms with Crippen molar-refractivity contribution in [2.45, 2.75) is 59.5 Å². The largest absolute Gasteiger partial charge is 0.478 e. The van der Waals surface area contributed by atoms with E-state index >= 15 is 4.39 Å². The van der Waals surface area contributed by atoms with E-state index in [1.807, 2.05) is 4.57 Å². The van der Waals surface area contributed by atoms with Crippen LogP contribution in [0.1, 0.15) is 67.5 Å². The maximum Gasteiger partial charge on any atom is 0.336 e. The summed E-state index contributed by atoms with van der Waals surface area (Å²) >= 11 is 10.9. The molecular formula is C29H35ClFN3O3S. The Hall–Kier alpha value is -2.84. The average Bonchev–Trinajstić information content (AvgIpc) is 3.18. The maximum absolute atomic E-state index is 15.4. The molecule has 2 aromatic carbocycles. The molecule has 204 valence electrons. The fourth-order valence-electron chi connectivity index (χ4n) is 4.47. The zero-order valence-corrected chi connectivity index (χ0v) is 23.7. The molecule has 9 heteroatoms. The highest BCUT2D eigenvalue weighted by Gasteiger charge is 2.22. The number of thiol groups is 1. The van der Waals surface area contributed by atoms with Crippen LogP contribution in [0.25, 0.3) is 11.1 Å². The number of carboxylic acid groups (broad SMARTS) is 1. The van der Waals surface area contributed by atoms with Crippen LogP contribution >= 0.6 is 24.2 Å². The number of halogens is 2. The summed E-state index contributed by atoms with van der Waals surface area (Å²) in [6, 6.07) is 11.2. The standard InChI is InChI=1S/C29H35ClFN3O3S/c1-4-5-10-26-33-27(30)25(15-32-28(35)21(17-38)13-18(2)3)34(26)16-20-12-11-19(14-24(20)31)22-8-6-7-9-23(22)29(36)37/h6-9,11-12,14,18,21,38H,4-5,10,13,15-17H2,1-3H3,(H,32,35)(H,36,37)/t21-/m1/s1. The van der Waals surface area contributed by atoms with E-state index in [1.165, 1.54) is 12.1 Å². The van der Waals surface area contributed by atoms with Gasteiger partial charge in [0.15, 0.2) is 5.15 Å². The Morgan fingerprint density at radius 2 is 1.95 bits per heavy atom. The number of hydrogen-bond acceptors (Lipinski definition) is 4. The summed E-state index contributed by atoms with van der Waals surface area (Å²) in [4.78, 5) is 29.0. The van der Waals surface area contributed by atoms with E-state index in [2.05, 4.69) is 43.7 Å². The molecule has 0 aliphatic carbocycles. The molecule has 0 saturated carbocycles. The second kappa shape index (κ2) is 13.8. The van der Waals surface area contributed by atoms with Gasteiger partial charge < -0.3 is 15.0 Å². The average molecular weight is 560 g/mol. The summed E-state index contributed by atoms with van der Waals surface area (Å²) in [6.45, 7) is 6.56. The lowest BCUT2D eigenvalue weighted by atomic mass is 9.98. The number of carboxylic acids is 1. The first-order valence-electron chi connectivity index (χ1n) is 12.9. The van der Waals surface area contributed by atoms with Gasteiger partial charge in [-0.3, -0.25) is 4.79 Å². The summed E-state index contributed by atoms with van der Waals surface area (Å²) in [5.74, 6) is -0.307. The summed E-state index contributed by atoms with van der Waals surface area (Å²) in [5, 5.41) is 12.8. The fourth-order valence-corrected chi connectivity index (χ4v) is 5.05. The zero-order valence-electron chi connectivity index (χ0n) is 22.0. The number of hydrogen-bond donors (Lipinski definition) is 3. The molecule has 3 rings (SSSR count). The molecule has 1 aromatic heterocycles. The second-order valence-corrected chi connectivity index (χ2v) is 10.6. The molecule has 0 aliphatic rings. The Morgan fingerprint density at radius 1 is 1.21 bits per heavy atom. The smallest absolute Gasteiger partial charge is 0.336 e. The van der Waals surface area contributed by atoms with Gasteiger partial charge in [0.1, 0.15) is 11.6 Å². The molecule has 0 spiro atoms. The molecule has 0 unspecified atom stereocenters.